The molecule has 0 aliphatic carbocycles. The lowest BCUT2D eigenvalue weighted by molar-refractivity contribution is -0.119. The van der Waals surface area contributed by atoms with Gasteiger partial charge < -0.3 is 14.8 Å². The molecule has 1 aliphatic heterocycles. The standard InChI is InChI=1S/C32H38N6O3/c1-32(2,3)29-21-30(38(36-29)25-9-5-4-6-10-25)33-23-31(39)35-34-22-24-13-14-28(27-12-8-7-11-26(24)27)41-20-17-37-15-18-40-19-16-37/h4-14,21-22,33H,15-20,23H2,1-3H3,(H,35,39)/b34-22+. The van der Waals surface area contributed by atoms with Gasteiger partial charge in [-0.1, -0.05) is 63.2 Å². The first-order valence-corrected chi connectivity index (χ1v) is 14.0. The van der Waals surface area contributed by atoms with Crippen LogP contribution in [0.3, 0.4) is 0 Å². The molecular formula is C32H38N6O3. The van der Waals surface area contributed by atoms with Crippen molar-refractivity contribution in [1.29, 1.82) is 0 Å². The van der Waals surface area contributed by atoms with Crippen molar-refractivity contribution in [3.8, 4) is 11.4 Å². The fourth-order valence-electron chi connectivity index (χ4n) is 4.67. The summed E-state index contributed by atoms with van der Waals surface area (Å²) in [5.74, 6) is 1.33. The minimum absolute atomic E-state index is 0.0517. The number of anilines is 1. The summed E-state index contributed by atoms with van der Waals surface area (Å²) in [6, 6.07) is 23.8. The van der Waals surface area contributed by atoms with Gasteiger partial charge in [-0.3, -0.25) is 9.69 Å². The van der Waals surface area contributed by atoms with E-state index in [1.807, 2.05) is 77.5 Å². The number of aromatic nitrogens is 2. The maximum absolute atomic E-state index is 12.7. The lowest BCUT2D eigenvalue weighted by Crippen LogP contribution is -2.38. The number of morpholine rings is 1. The summed E-state index contributed by atoms with van der Waals surface area (Å²) in [5.41, 5.74) is 5.26. The molecule has 2 heterocycles. The summed E-state index contributed by atoms with van der Waals surface area (Å²) in [5, 5.41) is 14.3. The zero-order valence-electron chi connectivity index (χ0n) is 24.0. The fraction of sp³-hybridized carbons (Fsp3) is 0.344. The van der Waals surface area contributed by atoms with Crippen LogP contribution in [0, 0.1) is 0 Å². The molecule has 3 aromatic carbocycles. The largest absolute Gasteiger partial charge is 0.492 e. The molecule has 0 bridgehead atoms. The van der Waals surface area contributed by atoms with Gasteiger partial charge in [-0.15, -0.1) is 0 Å². The van der Waals surface area contributed by atoms with Crippen LogP contribution >= 0.6 is 0 Å². The predicted molar refractivity (Wildman–Crippen MR) is 163 cm³/mol. The van der Waals surface area contributed by atoms with Crippen molar-refractivity contribution in [2.24, 2.45) is 5.10 Å². The molecule has 5 rings (SSSR count). The number of nitrogens with one attached hydrogen (secondary N) is 2. The highest BCUT2D eigenvalue weighted by Crippen LogP contribution is 2.28. The molecule has 0 radical (unpaired) electrons. The van der Waals surface area contributed by atoms with Crippen molar-refractivity contribution < 1.29 is 14.3 Å². The van der Waals surface area contributed by atoms with Gasteiger partial charge in [0.05, 0.1) is 37.4 Å². The molecule has 1 aliphatic rings. The quantitative estimate of drug-likeness (QED) is 0.220. The van der Waals surface area contributed by atoms with Gasteiger partial charge in [-0.05, 0) is 29.7 Å². The number of hydrogen-bond donors (Lipinski definition) is 2. The maximum Gasteiger partial charge on any atom is 0.259 e. The Kier molecular flexibility index (Phi) is 8.96. The van der Waals surface area contributed by atoms with Crippen LogP contribution in [0.2, 0.25) is 0 Å². The van der Waals surface area contributed by atoms with E-state index in [0.717, 1.165) is 72.1 Å². The Labute approximate surface area is 241 Å². The highest BCUT2D eigenvalue weighted by molar-refractivity contribution is 6.02. The zero-order valence-corrected chi connectivity index (χ0v) is 24.0. The van der Waals surface area contributed by atoms with Crippen LogP contribution in [0.15, 0.2) is 77.9 Å². The number of nitrogens with zero attached hydrogens (tertiary/aromatic N) is 4. The molecule has 0 atom stereocenters. The molecule has 1 amide bonds. The van der Waals surface area contributed by atoms with E-state index in [1.54, 1.807) is 6.21 Å². The number of para-hydroxylation sites is 1. The number of fused-ring (bicyclic) bond motifs is 1. The van der Waals surface area contributed by atoms with Gasteiger partial charge in [-0.25, -0.2) is 10.1 Å². The molecule has 2 N–H and O–H groups in total. The van der Waals surface area contributed by atoms with Crippen LogP contribution in [-0.2, 0) is 14.9 Å². The molecule has 4 aromatic rings. The first-order chi connectivity index (χ1) is 19.9. The van der Waals surface area contributed by atoms with Gasteiger partial charge in [0.2, 0.25) is 0 Å². The molecule has 0 unspecified atom stereocenters. The van der Waals surface area contributed by atoms with E-state index in [9.17, 15) is 4.79 Å². The lowest BCUT2D eigenvalue weighted by Gasteiger charge is -2.26. The smallest absolute Gasteiger partial charge is 0.259 e. The average Bonchev–Trinajstić information content (AvgIpc) is 3.43. The summed E-state index contributed by atoms with van der Waals surface area (Å²) >= 11 is 0. The second-order valence-electron chi connectivity index (χ2n) is 11.1. The Hall–Kier alpha value is -4.21. The topological polar surface area (TPSA) is 93.0 Å². The van der Waals surface area contributed by atoms with Gasteiger partial charge in [-0.2, -0.15) is 10.2 Å². The van der Waals surface area contributed by atoms with E-state index < -0.39 is 0 Å². The molecule has 9 heteroatoms. The molecule has 0 spiro atoms. The molecule has 41 heavy (non-hydrogen) atoms. The van der Waals surface area contributed by atoms with Crippen LogP contribution in [-0.4, -0.2) is 72.8 Å². The van der Waals surface area contributed by atoms with Crippen molar-refractivity contribution in [2.45, 2.75) is 26.2 Å². The third kappa shape index (κ3) is 7.31. The van der Waals surface area contributed by atoms with Gasteiger partial charge >= 0.3 is 0 Å². The van der Waals surface area contributed by atoms with E-state index in [1.165, 1.54) is 0 Å². The Bertz CT molecular complexity index is 1490. The third-order valence-electron chi connectivity index (χ3n) is 6.99. The molecule has 1 fully saturated rings. The van der Waals surface area contributed by atoms with Gasteiger partial charge in [0.1, 0.15) is 18.2 Å². The molecule has 1 saturated heterocycles. The lowest BCUT2D eigenvalue weighted by atomic mass is 9.92. The first kappa shape index (κ1) is 28.3. The van der Waals surface area contributed by atoms with E-state index in [-0.39, 0.29) is 17.9 Å². The fourth-order valence-corrected chi connectivity index (χ4v) is 4.67. The SMILES string of the molecule is CC(C)(C)c1cc(NCC(=O)N/N=C/c2ccc(OCCN3CCOCC3)c3ccccc23)n(-c2ccccc2)n1. The minimum Gasteiger partial charge on any atom is -0.492 e. The van der Waals surface area contributed by atoms with E-state index >= 15 is 0 Å². The highest BCUT2D eigenvalue weighted by atomic mass is 16.5. The van der Waals surface area contributed by atoms with Gasteiger partial charge in [0, 0.05) is 42.1 Å². The first-order valence-electron chi connectivity index (χ1n) is 14.0. The van der Waals surface area contributed by atoms with E-state index in [2.05, 4.69) is 41.5 Å². The maximum atomic E-state index is 12.7. The number of rotatable bonds is 10. The second kappa shape index (κ2) is 13.0. The van der Waals surface area contributed by atoms with Crippen molar-refractivity contribution in [2.75, 3.05) is 51.3 Å². The van der Waals surface area contributed by atoms with Crippen molar-refractivity contribution in [1.82, 2.24) is 20.1 Å². The second-order valence-corrected chi connectivity index (χ2v) is 11.1. The molecule has 0 saturated carbocycles. The number of carbonyl (C=O) groups is 1. The number of carbonyl (C=O) groups excluding carboxylic acids is 1. The summed E-state index contributed by atoms with van der Waals surface area (Å²) < 4.78 is 13.4. The summed E-state index contributed by atoms with van der Waals surface area (Å²) in [7, 11) is 0. The van der Waals surface area contributed by atoms with Crippen LogP contribution in [0.25, 0.3) is 16.5 Å². The van der Waals surface area contributed by atoms with E-state index in [4.69, 9.17) is 14.6 Å². The van der Waals surface area contributed by atoms with Crippen LogP contribution < -0.4 is 15.5 Å². The van der Waals surface area contributed by atoms with Crippen molar-refractivity contribution >= 4 is 28.7 Å². The number of amides is 1. The summed E-state index contributed by atoms with van der Waals surface area (Å²) in [6.45, 7) is 11.3. The Morgan fingerprint density at radius 2 is 1.76 bits per heavy atom. The normalized spacial score (nSPS) is 14.4. The zero-order chi connectivity index (χ0) is 28.7. The monoisotopic (exact) mass is 554 g/mol. The Morgan fingerprint density at radius 3 is 2.51 bits per heavy atom. The molecule has 1 aromatic heterocycles. The Balaban J connectivity index is 1.21. The summed E-state index contributed by atoms with van der Waals surface area (Å²) in [4.78, 5) is 15.0. The molecule has 214 valence electrons. The Morgan fingerprint density at radius 1 is 1.02 bits per heavy atom. The molecular weight excluding hydrogens is 516 g/mol. The number of hydrogen-bond acceptors (Lipinski definition) is 7. The number of ether oxygens (including phenoxy) is 2. The van der Waals surface area contributed by atoms with Crippen LogP contribution in [0.4, 0.5) is 5.82 Å². The summed E-state index contributed by atoms with van der Waals surface area (Å²) in [6.07, 6.45) is 1.67. The minimum atomic E-state index is -0.258. The van der Waals surface area contributed by atoms with Crippen LogP contribution in [0.1, 0.15) is 32.0 Å². The number of hydrazone groups is 1. The third-order valence-corrected chi connectivity index (χ3v) is 6.99. The van der Waals surface area contributed by atoms with Gasteiger partial charge in [0.25, 0.3) is 5.91 Å². The van der Waals surface area contributed by atoms with E-state index in [0.29, 0.717) is 6.61 Å². The average molecular weight is 555 g/mol. The molecule has 9 nitrogen and oxygen atoms in total. The highest BCUT2D eigenvalue weighted by Gasteiger charge is 2.21. The van der Waals surface area contributed by atoms with Gasteiger partial charge in [0.15, 0.2) is 0 Å². The van der Waals surface area contributed by atoms with Crippen molar-refractivity contribution in [3.05, 3.63) is 84.1 Å². The van der Waals surface area contributed by atoms with Crippen LogP contribution in [0.5, 0.6) is 5.75 Å². The number of benzene rings is 3. The predicted octanol–water partition coefficient (Wildman–Crippen LogP) is 4.60. The van der Waals surface area contributed by atoms with Crippen molar-refractivity contribution in [3.63, 3.8) is 0 Å².